The van der Waals surface area contributed by atoms with Crippen LogP contribution in [0.2, 0.25) is 0 Å². The highest BCUT2D eigenvalue weighted by Gasteiger charge is 2.25. The molecule has 1 aliphatic heterocycles. The minimum atomic E-state index is -0.0556. The van der Waals surface area contributed by atoms with Gasteiger partial charge in [-0.2, -0.15) is 0 Å². The number of amides is 1. The molecule has 3 nitrogen and oxygen atoms in total. The van der Waals surface area contributed by atoms with Gasteiger partial charge in [-0.05, 0) is 18.6 Å². The Kier molecular flexibility index (Phi) is 1.88. The summed E-state index contributed by atoms with van der Waals surface area (Å²) in [6.45, 7) is 5.73. The molecule has 0 atom stereocenters. The number of rotatable bonds is 0. The molecule has 0 saturated carbocycles. The number of likely N-dealkylation sites (N-methyl/N-ethyl adjacent to an activating group) is 1. The van der Waals surface area contributed by atoms with E-state index in [1.54, 1.807) is 11.9 Å². The molecule has 1 aliphatic rings. The van der Waals surface area contributed by atoms with E-state index in [4.69, 9.17) is 0 Å². The quantitative estimate of drug-likeness (QED) is 0.618. The number of allylic oxidation sites excluding steroid dienone is 1. The van der Waals surface area contributed by atoms with Crippen molar-refractivity contribution in [2.75, 3.05) is 7.05 Å². The molecule has 0 N–H and O–H groups in total. The smallest absolute Gasteiger partial charge is 0.276 e. The third-order valence-electron chi connectivity index (χ3n) is 2.49. The van der Waals surface area contributed by atoms with Gasteiger partial charge in [-0.3, -0.25) is 4.79 Å². The van der Waals surface area contributed by atoms with Crippen molar-refractivity contribution in [3.63, 3.8) is 0 Å². The zero-order valence-electron chi connectivity index (χ0n) is 8.37. The number of carbonyl (C=O) groups is 1. The number of carbonyl (C=O) groups excluding carboxylic acids is 1. The highest BCUT2D eigenvalue weighted by Crippen LogP contribution is 2.21. The Labute approximate surface area is 83.1 Å². The van der Waals surface area contributed by atoms with Crippen molar-refractivity contribution in [3.05, 3.63) is 41.4 Å². The number of aryl methyl sites for hydroxylation is 1. The van der Waals surface area contributed by atoms with Crippen molar-refractivity contribution in [1.82, 2.24) is 9.88 Å². The Morgan fingerprint density at radius 3 is 2.93 bits per heavy atom. The van der Waals surface area contributed by atoms with Crippen LogP contribution in [0.5, 0.6) is 0 Å². The molecule has 1 amide bonds. The summed E-state index contributed by atoms with van der Waals surface area (Å²) in [5.41, 5.74) is 3.25. The first-order valence-corrected chi connectivity index (χ1v) is 4.52. The molecule has 2 rings (SSSR count). The third-order valence-corrected chi connectivity index (χ3v) is 2.49. The summed E-state index contributed by atoms with van der Waals surface area (Å²) in [6, 6.07) is 3.87. The lowest BCUT2D eigenvalue weighted by Crippen LogP contribution is -2.33. The van der Waals surface area contributed by atoms with Gasteiger partial charge in [-0.15, -0.1) is 0 Å². The summed E-state index contributed by atoms with van der Waals surface area (Å²) in [5, 5.41) is 0. The van der Waals surface area contributed by atoms with E-state index in [1.165, 1.54) is 0 Å². The standard InChI is InChI=1S/C11H12N2O/c1-7-4-5-9-6-8(2)13(3)11(14)10(9)12-7/h4-5H,2,6H2,1,3H3. The van der Waals surface area contributed by atoms with Gasteiger partial charge < -0.3 is 4.90 Å². The third kappa shape index (κ3) is 1.21. The Morgan fingerprint density at radius 2 is 2.21 bits per heavy atom. The van der Waals surface area contributed by atoms with E-state index in [0.29, 0.717) is 12.1 Å². The minimum absolute atomic E-state index is 0.0556. The van der Waals surface area contributed by atoms with Crippen molar-refractivity contribution in [2.45, 2.75) is 13.3 Å². The van der Waals surface area contributed by atoms with Gasteiger partial charge in [0, 0.05) is 24.9 Å². The Balaban J connectivity index is 2.57. The fraction of sp³-hybridized carbons (Fsp3) is 0.273. The zero-order valence-corrected chi connectivity index (χ0v) is 8.37. The minimum Gasteiger partial charge on any atom is -0.314 e. The monoisotopic (exact) mass is 188 g/mol. The van der Waals surface area contributed by atoms with Crippen LogP contribution < -0.4 is 0 Å². The molecule has 0 radical (unpaired) electrons. The van der Waals surface area contributed by atoms with Crippen LogP contribution in [-0.2, 0) is 6.42 Å². The van der Waals surface area contributed by atoms with E-state index in [0.717, 1.165) is 17.0 Å². The van der Waals surface area contributed by atoms with E-state index in [-0.39, 0.29) is 5.91 Å². The molecule has 0 bridgehead atoms. The molecule has 72 valence electrons. The molecule has 0 fully saturated rings. The number of aromatic nitrogens is 1. The predicted molar refractivity (Wildman–Crippen MR) is 53.9 cm³/mol. The fourth-order valence-corrected chi connectivity index (χ4v) is 1.55. The molecule has 1 aromatic rings. The molecule has 0 saturated heterocycles. The number of hydrogen-bond donors (Lipinski definition) is 0. The maximum absolute atomic E-state index is 11.8. The first-order chi connectivity index (χ1) is 6.59. The van der Waals surface area contributed by atoms with Crippen LogP contribution in [0, 0.1) is 6.92 Å². The van der Waals surface area contributed by atoms with Gasteiger partial charge in [0.1, 0.15) is 5.69 Å². The molecular weight excluding hydrogens is 176 g/mol. The van der Waals surface area contributed by atoms with Gasteiger partial charge in [-0.25, -0.2) is 4.98 Å². The van der Waals surface area contributed by atoms with Gasteiger partial charge in [0.2, 0.25) is 0 Å². The van der Waals surface area contributed by atoms with Crippen molar-refractivity contribution in [3.8, 4) is 0 Å². The van der Waals surface area contributed by atoms with E-state index >= 15 is 0 Å². The van der Waals surface area contributed by atoms with E-state index in [2.05, 4.69) is 11.6 Å². The van der Waals surface area contributed by atoms with E-state index in [1.807, 2.05) is 19.1 Å². The van der Waals surface area contributed by atoms with Gasteiger partial charge in [0.15, 0.2) is 0 Å². The number of nitrogens with zero attached hydrogens (tertiary/aromatic N) is 2. The lowest BCUT2D eigenvalue weighted by atomic mass is 10.0. The van der Waals surface area contributed by atoms with Gasteiger partial charge in [-0.1, -0.05) is 12.6 Å². The second kappa shape index (κ2) is 2.94. The molecule has 0 spiro atoms. The van der Waals surface area contributed by atoms with Crippen molar-refractivity contribution in [1.29, 1.82) is 0 Å². The highest BCUT2D eigenvalue weighted by atomic mass is 16.2. The maximum atomic E-state index is 11.8. The van der Waals surface area contributed by atoms with Crippen LogP contribution in [0.25, 0.3) is 0 Å². The number of fused-ring (bicyclic) bond motifs is 1. The molecule has 2 heterocycles. The zero-order chi connectivity index (χ0) is 10.3. The highest BCUT2D eigenvalue weighted by molar-refractivity contribution is 5.96. The van der Waals surface area contributed by atoms with Gasteiger partial charge in [0.05, 0.1) is 0 Å². The molecule has 0 aliphatic carbocycles. The SMILES string of the molecule is C=C1Cc2ccc(C)nc2C(=O)N1C. The molecule has 0 aromatic carbocycles. The average molecular weight is 188 g/mol. The van der Waals surface area contributed by atoms with Crippen LogP contribution in [0.15, 0.2) is 24.4 Å². The van der Waals surface area contributed by atoms with Crippen LogP contribution >= 0.6 is 0 Å². The largest absolute Gasteiger partial charge is 0.314 e. The van der Waals surface area contributed by atoms with E-state index in [9.17, 15) is 4.79 Å². The Bertz CT molecular complexity index is 423. The van der Waals surface area contributed by atoms with Crippen LogP contribution in [0.4, 0.5) is 0 Å². The number of hydrogen-bond acceptors (Lipinski definition) is 2. The Hall–Kier alpha value is -1.64. The summed E-state index contributed by atoms with van der Waals surface area (Å²) in [4.78, 5) is 17.6. The first-order valence-electron chi connectivity index (χ1n) is 4.52. The summed E-state index contributed by atoms with van der Waals surface area (Å²) in [5.74, 6) is -0.0556. The Morgan fingerprint density at radius 1 is 1.50 bits per heavy atom. The molecule has 3 heteroatoms. The molecule has 14 heavy (non-hydrogen) atoms. The summed E-state index contributed by atoms with van der Waals surface area (Å²) >= 11 is 0. The predicted octanol–water partition coefficient (Wildman–Crippen LogP) is 1.53. The van der Waals surface area contributed by atoms with E-state index < -0.39 is 0 Å². The second-order valence-electron chi connectivity index (χ2n) is 3.57. The van der Waals surface area contributed by atoms with Crippen LogP contribution in [0.3, 0.4) is 0 Å². The van der Waals surface area contributed by atoms with Crippen LogP contribution in [0.1, 0.15) is 21.7 Å². The summed E-state index contributed by atoms with van der Waals surface area (Å²) < 4.78 is 0. The summed E-state index contributed by atoms with van der Waals surface area (Å²) in [6.07, 6.45) is 0.713. The van der Waals surface area contributed by atoms with Crippen LogP contribution in [-0.4, -0.2) is 22.8 Å². The molecular formula is C11H12N2O. The number of pyridine rings is 1. The topological polar surface area (TPSA) is 33.2 Å². The van der Waals surface area contributed by atoms with Crippen molar-refractivity contribution < 1.29 is 4.79 Å². The normalized spacial score (nSPS) is 15.7. The first kappa shape index (κ1) is 8.94. The van der Waals surface area contributed by atoms with Gasteiger partial charge in [0.25, 0.3) is 5.91 Å². The summed E-state index contributed by atoms with van der Waals surface area (Å²) in [7, 11) is 1.73. The lowest BCUT2D eigenvalue weighted by Gasteiger charge is -2.26. The van der Waals surface area contributed by atoms with Crippen molar-refractivity contribution in [2.24, 2.45) is 0 Å². The molecule has 0 unspecified atom stereocenters. The second-order valence-corrected chi connectivity index (χ2v) is 3.57. The van der Waals surface area contributed by atoms with Crippen molar-refractivity contribution >= 4 is 5.91 Å². The van der Waals surface area contributed by atoms with Gasteiger partial charge >= 0.3 is 0 Å². The lowest BCUT2D eigenvalue weighted by molar-refractivity contribution is 0.0817. The maximum Gasteiger partial charge on any atom is 0.276 e. The fourth-order valence-electron chi connectivity index (χ4n) is 1.55. The molecule has 1 aromatic heterocycles. The average Bonchev–Trinajstić information content (AvgIpc) is 2.16.